The fourth-order valence-electron chi connectivity index (χ4n) is 2.37. The van der Waals surface area contributed by atoms with Crippen molar-refractivity contribution in [1.82, 2.24) is 0 Å². The first kappa shape index (κ1) is 12.3. The van der Waals surface area contributed by atoms with Gasteiger partial charge in [0, 0.05) is 24.5 Å². The van der Waals surface area contributed by atoms with Gasteiger partial charge in [0.25, 0.3) is 5.91 Å². The summed E-state index contributed by atoms with van der Waals surface area (Å²) >= 11 is 5.80. The Morgan fingerprint density at radius 3 is 3.00 bits per heavy atom. The average Bonchev–Trinajstić information content (AvgIpc) is 2.79. The Balaban J connectivity index is 1.88. The number of benzene rings is 1. The van der Waals surface area contributed by atoms with Crippen molar-refractivity contribution in [3.05, 3.63) is 18.2 Å². The van der Waals surface area contributed by atoms with Crippen LogP contribution in [0.4, 0.5) is 11.4 Å². The molecule has 0 saturated carbocycles. The third-order valence-electron chi connectivity index (χ3n) is 3.33. The molecule has 2 amide bonds. The maximum absolute atomic E-state index is 11.9. The number of ether oxygens (including phenoxy) is 1. The van der Waals surface area contributed by atoms with Crippen LogP contribution < -0.4 is 15.0 Å². The molecule has 1 unspecified atom stereocenters. The van der Waals surface area contributed by atoms with E-state index in [0.29, 0.717) is 30.3 Å². The number of nitrogens with one attached hydrogen (secondary N) is 1. The number of alkyl halides is 1. The molecule has 1 atom stereocenters. The van der Waals surface area contributed by atoms with E-state index in [1.807, 2.05) is 6.07 Å². The zero-order valence-electron chi connectivity index (χ0n) is 10.2. The molecule has 1 aromatic rings. The van der Waals surface area contributed by atoms with Crippen molar-refractivity contribution < 1.29 is 14.3 Å². The maximum atomic E-state index is 11.9. The lowest BCUT2D eigenvalue weighted by molar-refractivity contribution is -0.118. The second-order valence-electron chi connectivity index (χ2n) is 4.75. The Morgan fingerprint density at radius 1 is 1.42 bits per heavy atom. The number of hydrogen-bond acceptors (Lipinski definition) is 3. The van der Waals surface area contributed by atoms with Crippen LogP contribution in [0.1, 0.15) is 6.42 Å². The van der Waals surface area contributed by atoms with Crippen LogP contribution in [-0.2, 0) is 9.59 Å². The molecule has 2 aliphatic rings. The first-order valence-corrected chi connectivity index (χ1v) is 6.64. The number of rotatable bonds is 2. The van der Waals surface area contributed by atoms with Crippen molar-refractivity contribution in [3.8, 4) is 5.75 Å². The van der Waals surface area contributed by atoms with Crippen molar-refractivity contribution in [2.75, 3.05) is 29.2 Å². The molecule has 0 aromatic heterocycles. The third-order valence-corrected chi connectivity index (χ3v) is 3.77. The van der Waals surface area contributed by atoms with Gasteiger partial charge in [0.05, 0.1) is 5.69 Å². The van der Waals surface area contributed by atoms with Gasteiger partial charge in [-0.25, -0.2) is 0 Å². The van der Waals surface area contributed by atoms with E-state index in [2.05, 4.69) is 5.32 Å². The monoisotopic (exact) mass is 280 g/mol. The average molecular weight is 281 g/mol. The van der Waals surface area contributed by atoms with Crippen molar-refractivity contribution in [3.63, 3.8) is 0 Å². The SMILES string of the molecule is O=C1COc2ccc(N3CC(CCl)CC3=O)cc2N1. The van der Waals surface area contributed by atoms with Crippen LogP contribution in [0, 0.1) is 5.92 Å². The van der Waals surface area contributed by atoms with Gasteiger partial charge in [-0.1, -0.05) is 0 Å². The molecule has 2 heterocycles. The number of anilines is 2. The van der Waals surface area contributed by atoms with E-state index in [1.165, 1.54) is 0 Å². The molecular formula is C13H13ClN2O3. The highest BCUT2D eigenvalue weighted by atomic mass is 35.5. The van der Waals surface area contributed by atoms with Crippen LogP contribution >= 0.6 is 11.6 Å². The normalized spacial score (nSPS) is 21.9. The molecule has 3 rings (SSSR count). The van der Waals surface area contributed by atoms with E-state index in [9.17, 15) is 9.59 Å². The van der Waals surface area contributed by atoms with Crippen molar-refractivity contribution in [2.45, 2.75) is 6.42 Å². The molecule has 2 aliphatic heterocycles. The van der Waals surface area contributed by atoms with Gasteiger partial charge in [-0.2, -0.15) is 0 Å². The summed E-state index contributed by atoms with van der Waals surface area (Å²) in [6.07, 6.45) is 0.476. The Morgan fingerprint density at radius 2 is 2.26 bits per heavy atom. The van der Waals surface area contributed by atoms with E-state index in [0.717, 1.165) is 5.69 Å². The smallest absolute Gasteiger partial charge is 0.262 e. The van der Waals surface area contributed by atoms with Gasteiger partial charge in [0.2, 0.25) is 5.91 Å². The molecule has 0 bridgehead atoms. The zero-order valence-corrected chi connectivity index (χ0v) is 10.9. The fourth-order valence-corrected chi connectivity index (χ4v) is 2.58. The Bertz CT molecular complexity index is 547. The number of fused-ring (bicyclic) bond motifs is 1. The van der Waals surface area contributed by atoms with Gasteiger partial charge in [-0.05, 0) is 24.1 Å². The first-order chi connectivity index (χ1) is 9.17. The Labute approximate surface area is 115 Å². The molecule has 1 N–H and O–H groups in total. The summed E-state index contributed by atoms with van der Waals surface area (Å²) in [6.45, 7) is 0.652. The number of halogens is 1. The summed E-state index contributed by atoms with van der Waals surface area (Å²) in [4.78, 5) is 24.9. The topological polar surface area (TPSA) is 58.6 Å². The fraction of sp³-hybridized carbons (Fsp3) is 0.385. The molecule has 5 nitrogen and oxygen atoms in total. The molecule has 19 heavy (non-hydrogen) atoms. The number of carbonyl (C=O) groups is 2. The highest BCUT2D eigenvalue weighted by molar-refractivity contribution is 6.18. The van der Waals surface area contributed by atoms with Gasteiger partial charge < -0.3 is 15.0 Å². The van der Waals surface area contributed by atoms with Crippen LogP contribution in [0.3, 0.4) is 0 Å². The minimum Gasteiger partial charge on any atom is -0.482 e. The van der Waals surface area contributed by atoms with Crippen LogP contribution in [0.5, 0.6) is 5.75 Å². The van der Waals surface area contributed by atoms with E-state index in [1.54, 1.807) is 17.0 Å². The molecular weight excluding hydrogens is 268 g/mol. The molecule has 6 heteroatoms. The van der Waals surface area contributed by atoms with Crippen LogP contribution in [0.2, 0.25) is 0 Å². The van der Waals surface area contributed by atoms with Gasteiger partial charge in [-0.3, -0.25) is 9.59 Å². The molecule has 100 valence electrons. The van der Waals surface area contributed by atoms with Gasteiger partial charge in [0.1, 0.15) is 5.75 Å². The number of nitrogens with zero attached hydrogens (tertiary/aromatic N) is 1. The second-order valence-corrected chi connectivity index (χ2v) is 5.05. The van der Waals surface area contributed by atoms with E-state index >= 15 is 0 Å². The summed E-state index contributed by atoms with van der Waals surface area (Å²) in [5.74, 6) is 1.18. The quantitative estimate of drug-likeness (QED) is 0.838. The second kappa shape index (κ2) is 4.74. The van der Waals surface area contributed by atoms with Crippen molar-refractivity contribution >= 4 is 34.8 Å². The van der Waals surface area contributed by atoms with E-state index < -0.39 is 0 Å². The van der Waals surface area contributed by atoms with E-state index in [-0.39, 0.29) is 24.3 Å². The molecule has 0 spiro atoms. The zero-order chi connectivity index (χ0) is 13.4. The van der Waals surface area contributed by atoms with Crippen molar-refractivity contribution in [2.24, 2.45) is 5.92 Å². The van der Waals surface area contributed by atoms with Crippen LogP contribution in [0.15, 0.2) is 18.2 Å². The summed E-state index contributed by atoms with van der Waals surface area (Å²) in [7, 11) is 0. The van der Waals surface area contributed by atoms with Crippen LogP contribution in [-0.4, -0.2) is 30.8 Å². The van der Waals surface area contributed by atoms with Crippen molar-refractivity contribution in [1.29, 1.82) is 0 Å². The summed E-state index contributed by atoms with van der Waals surface area (Å²) in [6, 6.07) is 5.36. The molecule has 1 saturated heterocycles. The minimum absolute atomic E-state index is 0.0311. The van der Waals surface area contributed by atoms with Gasteiger partial charge in [-0.15, -0.1) is 11.6 Å². The van der Waals surface area contributed by atoms with Crippen LogP contribution in [0.25, 0.3) is 0 Å². The predicted octanol–water partition coefficient (Wildman–Crippen LogP) is 1.61. The maximum Gasteiger partial charge on any atom is 0.262 e. The molecule has 1 aromatic carbocycles. The highest BCUT2D eigenvalue weighted by Crippen LogP contribution is 2.34. The summed E-state index contributed by atoms with van der Waals surface area (Å²) < 4.78 is 5.29. The van der Waals surface area contributed by atoms with Gasteiger partial charge >= 0.3 is 0 Å². The lowest BCUT2D eigenvalue weighted by Gasteiger charge is -2.22. The summed E-state index contributed by atoms with van der Waals surface area (Å²) in [5, 5.41) is 2.74. The summed E-state index contributed by atoms with van der Waals surface area (Å²) in [5.41, 5.74) is 1.37. The number of hydrogen-bond donors (Lipinski definition) is 1. The molecule has 1 fully saturated rings. The van der Waals surface area contributed by atoms with Gasteiger partial charge in [0.15, 0.2) is 6.61 Å². The Hall–Kier alpha value is -1.75. The third kappa shape index (κ3) is 2.26. The lowest BCUT2D eigenvalue weighted by Crippen LogP contribution is -2.27. The Kier molecular flexibility index (Phi) is 3.06. The molecule has 0 radical (unpaired) electrons. The minimum atomic E-state index is -0.184. The number of amides is 2. The standard InChI is InChI=1S/C13H13ClN2O3/c14-5-8-3-13(18)16(6-8)9-1-2-11-10(4-9)15-12(17)7-19-11/h1-2,4,8H,3,5-7H2,(H,15,17). The highest BCUT2D eigenvalue weighted by Gasteiger charge is 2.30. The lowest BCUT2D eigenvalue weighted by atomic mass is 10.1. The first-order valence-electron chi connectivity index (χ1n) is 6.10. The predicted molar refractivity (Wildman–Crippen MR) is 71.7 cm³/mol. The number of carbonyl (C=O) groups excluding carboxylic acids is 2. The van der Waals surface area contributed by atoms with E-state index in [4.69, 9.17) is 16.3 Å². The largest absolute Gasteiger partial charge is 0.482 e. The molecule has 0 aliphatic carbocycles.